The maximum atomic E-state index is 12.8. The molecule has 5 heteroatoms. The first kappa shape index (κ1) is 15.8. The molecule has 4 aliphatic rings. The predicted molar refractivity (Wildman–Crippen MR) is 92.9 cm³/mol. The van der Waals surface area contributed by atoms with Gasteiger partial charge in [-0.15, -0.1) is 0 Å². The summed E-state index contributed by atoms with van der Waals surface area (Å²) in [6, 6.07) is 0.488. The molecule has 1 amide bonds. The second-order valence-electron chi connectivity index (χ2n) is 8.87. The minimum absolute atomic E-state index is 0.289. The Hall–Kier alpha value is -1.39. The van der Waals surface area contributed by atoms with Crippen LogP contribution in [0.3, 0.4) is 0 Å². The van der Waals surface area contributed by atoms with Gasteiger partial charge in [-0.1, -0.05) is 11.6 Å². The molecule has 4 atom stereocenters. The van der Waals surface area contributed by atoms with Gasteiger partial charge in [0.25, 0.3) is 0 Å². The molecule has 136 valence electrons. The monoisotopic (exact) mass is 343 g/mol. The standard InChI is InChI=1S/C20H29N3O2/c24-19(8-7-18-21-20(22-25-18)14-5-6-14)23-9-1-2-17(23)12-16-11-13-3-4-15(16)10-13/h13-17H,1-12H2. The maximum Gasteiger partial charge on any atom is 0.227 e. The highest BCUT2D eigenvalue weighted by atomic mass is 16.5. The van der Waals surface area contributed by atoms with Gasteiger partial charge in [0.1, 0.15) is 0 Å². The van der Waals surface area contributed by atoms with Gasteiger partial charge in [-0.25, -0.2) is 0 Å². The third kappa shape index (κ3) is 3.22. The Bertz CT molecular complexity index is 639. The smallest absolute Gasteiger partial charge is 0.227 e. The number of carbonyl (C=O) groups excluding carboxylic acids is 1. The van der Waals surface area contributed by atoms with Crippen molar-refractivity contribution in [1.29, 1.82) is 0 Å². The summed E-state index contributed by atoms with van der Waals surface area (Å²) in [5.74, 6) is 5.13. The van der Waals surface area contributed by atoms with Crippen molar-refractivity contribution >= 4 is 5.91 Å². The fourth-order valence-electron chi connectivity index (χ4n) is 5.66. The summed E-state index contributed by atoms with van der Waals surface area (Å²) in [6.07, 6.45) is 12.9. The van der Waals surface area contributed by atoms with Gasteiger partial charge in [0, 0.05) is 31.3 Å². The number of carbonyl (C=O) groups is 1. The van der Waals surface area contributed by atoms with E-state index in [-0.39, 0.29) is 5.91 Å². The van der Waals surface area contributed by atoms with Crippen molar-refractivity contribution in [1.82, 2.24) is 15.0 Å². The number of aryl methyl sites for hydroxylation is 1. The average Bonchev–Trinajstić information content (AvgIpc) is 3.06. The molecule has 4 unspecified atom stereocenters. The van der Waals surface area contributed by atoms with Gasteiger partial charge in [0.15, 0.2) is 5.82 Å². The van der Waals surface area contributed by atoms with Crippen LogP contribution in [0.15, 0.2) is 4.52 Å². The van der Waals surface area contributed by atoms with Gasteiger partial charge in [0.05, 0.1) is 0 Å². The van der Waals surface area contributed by atoms with Crippen molar-refractivity contribution in [2.45, 2.75) is 82.6 Å². The summed E-state index contributed by atoms with van der Waals surface area (Å²) < 4.78 is 5.32. The molecular formula is C20H29N3O2. The van der Waals surface area contributed by atoms with E-state index in [1.54, 1.807) is 0 Å². The summed E-state index contributed by atoms with van der Waals surface area (Å²) in [5.41, 5.74) is 0. The molecule has 0 N–H and O–H groups in total. The van der Waals surface area contributed by atoms with Crippen LogP contribution in [-0.4, -0.2) is 33.5 Å². The minimum atomic E-state index is 0.289. The zero-order chi connectivity index (χ0) is 16.8. The van der Waals surface area contributed by atoms with Crippen molar-refractivity contribution < 1.29 is 9.32 Å². The lowest BCUT2D eigenvalue weighted by Gasteiger charge is -2.30. The van der Waals surface area contributed by atoms with Crippen LogP contribution in [0.5, 0.6) is 0 Å². The van der Waals surface area contributed by atoms with Crippen LogP contribution in [0.4, 0.5) is 0 Å². The Kier molecular flexibility index (Phi) is 4.05. The third-order valence-corrected chi connectivity index (χ3v) is 7.14. The van der Waals surface area contributed by atoms with Gasteiger partial charge < -0.3 is 9.42 Å². The van der Waals surface area contributed by atoms with Crippen LogP contribution < -0.4 is 0 Å². The Labute approximate surface area is 149 Å². The summed E-state index contributed by atoms with van der Waals surface area (Å²) >= 11 is 0. The van der Waals surface area contributed by atoms with Crippen molar-refractivity contribution in [3.05, 3.63) is 11.7 Å². The average molecular weight is 343 g/mol. The summed E-state index contributed by atoms with van der Waals surface area (Å²) in [4.78, 5) is 19.4. The van der Waals surface area contributed by atoms with Gasteiger partial charge in [-0.2, -0.15) is 4.98 Å². The summed E-state index contributed by atoms with van der Waals surface area (Å²) in [6.45, 7) is 0.946. The third-order valence-electron chi connectivity index (χ3n) is 7.14. The summed E-state index contributed by atoms with van der Waals surface area (Å²) in [7, 11) is 0. The number of hydrogen-bond acceptors (Lipinski definition) is 4. The number of amides is 1. The Balaban J connectivity index is 1.14. The largest absolute Gasteiger partial charge is 0.340 e. The van der Waals surface area contributed by atoms with Gasteiger partial charge >= 0.3 is 0 Å². The number of likely N-dealkylation sites (tertiary alicyclic amines) is 1. The van der Waals surface area contributed by atoms with Crippen LogP contribution in [0.25, 0.3) is 0 Å². The maximum absolute atomic E-state index is 12.8. The Morgan fingerprint density at radius 2 is 2.08 bits per heavy atom. The second-order valence-corrected chi connectivity index (χ2v) is 8.87. The molecule has 0 radical (unpaired) electrons. The lowest BCUT2D eigenvalue weighted by Crippen LogP contribution is -2.37. The van der Waals surface area contributed by atoms with Crippen molar-refractivity contribution in [3.63, 3.8) is 0 Å². The lowest BCUT2D eigenvalue weighted by molar-refractivity contribution is -0.132. The number of fused-ring (bicyclic) bond motifs is 2. The SMILES string of the molecule is O=C(CCc1nc(C2CC2)no1)N1CCCC1CC1CC2CCC1C2. The molecule has 3 aliphatic carbocycles. The van der Waals surface area contributed by atoms with Crippen LogP contribution in [-0.2, 0) is 11.2 Å². The molecule has 3 saturated carbocycles. The van der Waals surface area contributed by atoms with E-state index in [0.29, 0.717) is 30.7 Å². The van der Waals surface area contributed by atoms with Crippen molar-refractivity contribution in [2.75, 3.05) is 6.54 Å². The molecule has 1 aromatic heterocycles. The van der Waals surface area contributed by atoms with E-state index in [4.69, 9.17) is 4.52 Å². The Morgan fingerprint density at radius 3 is 2.84 bits per heavy atom. The molecule has 2 bridgehead atoms. The molecule has 1 saturated heterocycles. The fraction of sp³-hybridized carbons (Fsp3) is 0.850. The molecule has 1 aliphatic heterocycles. The molecular weight excluding hydrogens is 314 g/mol. The molecule has 5 nitrogen and oxygen atoms in total. The van der Waals surface area contributed by atoms with Crippen LogP contribution in [0, 0.1) is 17.8 Å². The van der Waals surface area contributed by atoms with Crippen molar-refractivity contribution in [3.8, 4) is 0 Å². The molecule has 0 spiro atoms. The number of aromatic nitrogens is 2. The lowest BCUT2D eigenvalue weighted by atomic mass is 9.83. The van der Waals surface area contributed by atoms with E-state index < -0.39 is 0 Å². The number of hydrogen-bond donors (Lipinski definition) is 0. The topological polar surface area (TPSA) is 59.2 Å². The normalized spacial score (nSPS) is 34.2. The van der Waals surface area contributed by atoms with E-state index in [0.717, 1.165) is 30.1 Å². The van der Waals surface area contributed by atoms with Gasteiger partial charge in [-0.3, -0.25) is 4.79 Å². The predicted octanol–water partition coefficient (Wildman–Crippen LogP) is 3.70. The molecule has 1 aromatic rings. The first-order chi connectivity index (χ1) is 12.3. The van der Waals surface area contributed by atoms with Crippen LogP contribution in [0.1, 0.15) is 81.8 Å². The quantitative estimate of drug-likeness (QED) is 0.790. The zero-order valence-electron chi connectivity index (χ0n) is 15.0. The number of nitrogens with zero attached hydrogens (tertiary/aromatic N) is 3. The van der Waals surface area contributed by atoms with E-state index in [1.165, 1.54) is 57.8 Å². The molecule has 0 aromatic carbocycles. The molecule has 25 heavy (non-hydrogen) atoms. The summed E-state index contributed by atoms with van der Waals surface area (Å²) in [5, 5.41) is 4.05. The van der Waals surface area contributed by atoms with Crippen molar-refractivity contribution in [2.24, 2.45) is 17.8 Å². The van der Waals surface area contributed by atoms with Crippen LogP contribution in [0.2, 0.25) is 0 Å². The highest BCUT2D eigenvalue weighted by Crippen LogP contribution is 2.50. The van der Waals surface area contributed by atoms with Gasteiger partial charge in [-0.05, 0) is 69.1 Å². The van der Waals surface area contributed by atoms with E-state index >= 15 is 0 Å². The van der Waals surface area contributed by atoms with Gasteiger partial charge in [0.2, 0.25) is 11.8 Å². The minimum Gasteiger partial charge on any atom is -0.340 e. The second kappa shape index (κ2) is 6.40. The molecule has 5 rings (SSSR count). The first-order valence-electron chi connectivity index (χ1n) is 10.4. The van der Waals surface area contributed by atoms with E-state index in [9.17, 15) is 4.79 Å². The molecule has 2 heterocycles. The number of rotatable bonds is 6. The Morgan fingerprint density at radius 1 is 1.16 bits per heavy atom. The van der Waals surface area contributed by atoms with Crippen LogP contribution >= 0.6 is 0 Å². The molecule has 4 fully saturated rings. The highest BCUT2D eigenvalue weighted by Gasteiger charge is 2.42. The fourth-order valence-corrected chi connectivity index (χ4v) is 5.66. The van der Waals surface area contributed by atoms with E-state index in [1.807, 2.05) is 0 Å². The highest BCUT2D eigenvalue weighted by molar-refractivity contribution is 5.77. The zero-order valence-corrected chi connectivity index (χ0v) is 15.0. The van der Waals surface area contributed by atoms with E-state index in [2.05, 4.69) is 15.0 Å². The first-order valence-corrected chi connectivity index (χ1v) is 10.4.